The summed E-state index contributed by atoms with van der Waals surface area (Å²) in [6, 6.07) is 4.30. The number of hydrogen-bond acceptors (Lipinski definition) is 6. The van der Waals surface area contributed by atoms with E-state index in [1.165, 1.54) is 18.5 Å². The number of anilines is 1. The SMILES string of the molecule is COc1cncc(NCc2ccc(C3CCN(C)CC3)nc2)n1. The smallest absolute Gasteiger partial charge is 0.233 e. The molecule has 1 N–H and O–H groups in total. The molecule has 0 bridgehead atoms. The van der Waals surface area contributed by atoms with Gasteiger partial charge in [0.25, 0.3) is 0 Å². The Morgan fingerprint density at radius 3 is 2.74 bits per heavy atom. The predicted octanol–water partition coefficient (Wildman–Crippen LogP) is 2.30. The van der Waals surface area contributed by atoms with Gasteiger partial charge < -0.3 is 15.0 Å². The Kier molecular flexibility index (Phi) is 5.02. The minimum absolute atomic E-state index is 0.505. The van der Waals surface area contributed by atoms with Crippen LogP contribution < -0.4 is 10.1 Å². The first-order valence-electron chi connectivity index (χ1n) is 7.98. The third-order valence-corrected chi connectivity index (χ3v) is 4.28. The van der Waals surface area contributed by atoms with Crippen LogP contribution in [0.15, 0.2) is 30.7 Å². The fourth-order valence-corrected chi connectivity index (χ4v) is 2.81. The van der Waals surface area contributed by atoms with Crippen molar-refractivity contribution in [2.75, 3.05) is 32.6 Å². The predicted molar refractivity (Wildman–Crippen MR) is 89.6 cm³/mol. The molecule has 0 aromatic carbocycles. The molecule has 0 unspecified atom stereocenters. The number of nitrogens with zero attached hydrogens (tertiary/aromatic N) is 4. The molecular weight excluding hydrogens is 290 g/mol. The first kappa shape index (κ1) is 15.7. The van der Waals surface area contributed by atoms with E-state index in [4.69, 9.17) is 4.74 Å². The van der Waals surface area contributed by atoms with Crippen molar-refractivity contribution < 1.29 is 4.74 Å². The van der Waals surface area contributed by atoms with Gasteiger partial charge in [-0.15, -0.1) is 0 Å². The third kappa shape index (κ3) is 4.16. The standard InChI is InChI=1S/C17H23N5O/c1-22-7-5-14(6-8-22)15-4-3-13(9-19-15)10-20-16-11-18-12-17(21-16)23-2/h3-4,9,11-12,14H,5-8,10H2,1-2H3,(H,20,21). The van der Waals surface area contributed by atoms with Crippen LogP contribution in [0.2, 0.25) is 0 Å². The summed E-state index contributed by atoms with van der Waals surface area (Å²) in [6.45, 7) is 2.98. The molecule has 0 amide bonds. The topological polar surface area (TPSA) is 63.2 Å². The number of ether oxygens (including phenoxy) is 1. The van der Waals surface area contributed by atoms with Crippen molar-refractivity contribution in [3.8, 4) is 5.88 Å². The Balaban J connectivity index is 1.57. The van der Waals surface area contributed by atoms with Crippen molar-refractivity contribution in [1.82, 2.24) is 19.9 Å². The van der Waals surface area contributed by atoms with Crippen molar-refractivity contribution in [3.63, 3.8) is 0 Å². The maximum Gasteiger partial charge on any atom is 0.233 e. The monoisotopic (exact) mass is 313 g/mol. The highest BCUT2D eigenvalue weighted by atomic mass is 16.5. The Labute approximate surface area is 136 Å². The first-order valence-corrected chi connectivity index (χ1v) is 7.98. The van der Waals surface area contributed by atoms with Gasteiger partial charge in [-0.25, -0.2) is 0 Å². The Morgan fingerprint density at radius 2 is 2.04 bits per heavy atom. The van der Waals surface area contributed by atoms with Crippen LogP contribution in [-0.4, -0.2) is 47.1 Å². The Bertz CT molecular complexity index is 623. The van der Waals surface area contributed by atoms with Gasteiger partial charge in [-0.3, -0.25) is 9.97 Å². The van der Waals surface area contributed by atoms with Crippen LogP contribution in [0.3, 0.4) is 0 Å². The van der Waals surface area contributed by atoms with Gasteiger partial charge in [-0.2, -0.15) is 4.98 Å². The average Bonchev–Trinajstić information content (AvgIpc) is 2.61. The lowest BCUT2D eigenvalue weighted by Gasteiger charge is -2.28. The first-order chi connectivity index (χ1) is 11.2. The van der Waals surface area contributed by atoms with Crippen molar-refractivity contribution in [2.24, 2.45) is 0 Å². The number of hydrogen-bond donors (Lipinski definition) is 1. The van der Waals surface area contributed by atoms with Crippen LogP contribution in [0.4, 0.5) is 5.82 Å². The number of nitrogens with one attached hydrogen (secondary N) is 1. The fourth-order valence-electron chi connectivity index (χ4n) is 2.81. The lowest BCUT2D eigenvalue weighted by atomic mass is 9.93. The van der Waals surface area contributed by atoms with Crippen LogP contribution in [0, 0.1) is 0 Å². The molecule has 1 aliphatic rings. The second kappa shape index (κ2) is 7.37. The van der Waals surface area contributed by atoms with Crippen LogP contribution in [0.5, 0.6) is 5.88 Å². The van der Waals surface area contributed by atoms with Crippen molar-refractivity contribution in [1.29, 1.82) is 0 Å². The Hall–Kier alpha value is -2.21. The maximum atomic E-state index is 5.07. The van der Waals surface area contributed by atoms with E-state index in [0.717, 1.165) is 18.7 Å². The minimum atomic E-state index is 0.505. The normalized spacial score (nSPS) is 16.3. The van der Waals surface area contributed by atoms with Gasteiger partial charge in [0.2, 0.25) is 5.88 Å². The molecule has 3 heterocycles. The van der Waals surface area contributed by atoms with E-state index >= 15 is 0 Å². The van der Waals surface area contributed by atoms with E-state index in [2.05, 4.69) is 44.3 Å². The number of piperidine rings is 1. The van der Waals surface area contributed by atoms with Gasteiger partial charge in [-0.05, 0) is 44.6 Å². The molecule has 1 saturated heterocycles. The molecule has 6 nitrogen and oxygen atoms in total. The highest BCUT2D eigenvalue weighted by Crippen LogP contribution is 2.25. The van der Waals surface area contributed by atoms with Gasteiger partial charge >= 0.3 is 0 Å². The largest absolute Gasteiger partial charge is 0.480 e. The molecule has 1 aliphatic heterocycles. The maximum absolute atomic E-state index is 5.07. The molecule has 0 atom stereocenters. The lowest BCUT2D eigenvalue weighted by molar-refractivity contribution is 0.253. The number of pyridine rings is 1. The summed E-state index contributed by atoms with van der Waals surface area (Å²) < 4.78 is 5.07. The lowest BCUT2D eigenvalue weighted by Crippen LogP contribution is -2.29. The molecule has 2 aromatic heterocycles. The number of likely N-dealkylation sites (tertiary alicyclic amines) is 1. The molecule has 0 aliphatic carbocycles. The number of aromatic nitrogens is 3. The Morgan fingerprint density at radius 1 is 1.22 bits per heavy atom. The van der Waals surface area contributed by atoms with Crippen LogP contribution in [-0.2, 0) is 6.54 Å². The summed E-state index contributed by atoms with van der Waals surface area (Å²) in [7, 11) is 3.76. The highest BCUT2D eigenvalue weighted by Gasteiger charge is 2.19. The molecule has 0 spiro atoms. The summed E-state index contributed by atoms with van der Waals surface area (Å²) in [5.74, 6) is 1.80. The molecule has 0 radical (unpaired) electrons. The number of methoxy groups -OCH3 is 1. The summed E-state index contributed by atoms with van der Waals surface area (Å²) in [5, 5.41) is 3.24. The zero-order valence-corrected chi connectivity index (χ0v) is 13.7. The summed E-state index contributed by atoms with van der Waals surface area (Å²) in [4.78, 5) is 15.4. The van der Waals surface area contributed by atoms with Crippen molar-refractivity contribution in [3.05, 3.63) is 42.0 Å². The molecule has 0 saturated carbocycles. The van der Waals surface area contributed by atoms with Gasteiger partial charge in [-0.1, -0.05) is 6.07 Å². The molecule has 6 heteroatoms. The van der Waals surface area contributed by atoms with E-state index in [1.54, 1.807) is 19.5 Å². The molecule has 1 fully saturated rings. The van der Waals surface area contributed by atoms with Crippen LogP contribution >= 0.6 is 0 Å². The van der Waals surface area contributed by atoms with Crippen LogP contribution in [0.1, 0.15) is 30.0 Å². The van der Waals surface area contributed by atoms with Crippen molar-refractivity contribution in [2.45, 2.75) is 25.3 Å². The summed E-state index contributed by atoms with van der Waals surface area (Å²) in [5.41, 5.74) is 2.34. The highest BCUT2D eigenvalue weighted by molar-refractivity contribution is 5.34. The zero-order valence-electron chi connectivity index (χ0n) is 13.7. The second-order valence-electron chi connectivity index (χ2n) is 5.97. The third-order valence-electron chi connectivity index (χ3n) is 4.28. The molecule has 122 valence electrons. The van der Waals surface area contributed by atoms with Crippen molar-refractivity contribution >= 4 is 5.82 Å². The summed E-state index contributed by atoms with van der Waals surface area (Å²) >= 11 is 0. The van der Waals surface area contributed by atoms with E-state index < -0.39 is 0 Å². The molecule has 3 rings (SSSR count). The van der Waals surface area contributed by atoms with E-state index in [9.17, 15) is 0 Å². The van der Waals surface area contributed by atoms with Gasteiger partial charge in [0.1, 0.15) is 5.82 Å². The van der Waals surface area contributed by atoms with E-state index in [1.807, 2.05) is 6.20 Å². The average molecular weight is 313 g/mol. The number of rotatable bonds is 5. The molecule has 23 heavy (non-hydrogen) atoms. The van der Waals surface area contributed by atoms with Gasteiger partial charge in [0, 0.05) is 24.4 Å². The van der Waals surface area contributed by atoms with Crippen LogP contribution in [0.25, 0.3) is 0 Å². The van der Waals surface area contributed by atoms with Gasteiger partial charge in [0.05, 0.1) is 19.5 Å². The molecule has 2 aromatic rings. The van der Waals surface area contributed by atoms with E-state index in [-0.39, 0.29) is 0 Å². The summed E-state index contributed by atoms with van der Waals surface area (Å²) in [6.07, 6.45) is 7.61. The van der Waals surface area contributed by atoms with Gasteiger partial charge in [0.15, 0.2) is 0 Å². The van der Waals surface area contributed by atoms with E-state index in [0.29, 0.717) is 24.2 Å². The molecular formula is C17H23N5O. The second-order valence-corrected chi connectivity index (χ2v) is 5.97. The fraction of sp³-hybridized carbons (Fsp3) is 0.471. The zero-order chi connectivity index (χ0) is 16.1. The quantitative estimate of drug-likeness (QED) is 0.914. The minimum Gasteiger partial charge on any atom is -0.480 e.